The molecule has 0 saturated heterocycles. The Morgan fingerprint density at radius 2 is 1.80 bits per heavy atom. The van der Waals surface area contributed by atoms with Crippen LogP contribution in [-0.4, -0.2) is 57.6 Å². The van der Waals surface area contributed by atoms with Crippen LogP contribution in [-0.2, 0) is 26.2 Å². The molecule has 0 aliphatic heterocycles. The highest BCUT2D eigenvalue weighted by atomic mass is 35.5. The van der Waals surface area contributed by atoms with Crippen molar-refractivity contribution in [3.05, 3.63) is 58.6 Å². The second-order valence-electron chi connectivity index (χ2n) is 8.42. The number of sulfonamides is 1. The molecule has 0 unspecified atom stereocenters. The van der Waals surface area contributed by atoms with E-state index in [-0.39, 0.29) is 23.2 Å². The van der Waals surface area contributed by atoms with Gasteiger partial charge in [-0.3, -0.25) is 13.9 Å². The number of unbranched alkanes of at least 4 members (excludes halogenated alkanes) is 1. The van der Waals surface area contributed by atoms with Crippen molar-refractivity contribution in [2.24, 2.45) is 0 Å². The Kier molecular flexibility index (Phi) is 10.4. The van der Waals surface area contributed by atoms with Crippen LogP contribution in [0.15, 0.2) is 42.5 Å². The fourth-order valence-electron chi connectivity index (χ4n) is 3.43. The van der Waals surface area contributed by atoms with Gasteiger partial charge in [0.25, 0.3) is 0 Å². The summed E-state index contributed by atoms with van der Waals surface area (Å²) in [4.78, 5) is 27.7. The number of halogens is 1. The Morgan fingerprint density at radius 3 is 2.34 bits per heavy atom. The van der Waals surface area contributed by atoms with Crippen molar-refractivity contribution in [2.45, 2.75) is 46.2 Å². The molecule has 0 aromatic heterocycles. The molecule has 192 valence electrons. The predicted octanol–water partition coefficient (Wildman–Crippen LogP) is 3.76. The Bertz CT molecular complexity index is 1120. The van der Waals surface area contributed by atoms with E-state index in [2.05, 4.69) is 5.32 Å². The van der Waals surface area contributed by atoms with Crippen molar-refractivity contribution in [3.63, 3.8) is 0 Å². The number of aryl methyl sites for hydroxylation is 1. The third kappa shape index (κ3) is 8.14. The van der Waals surface area contributed by atoms with Crippen molar-refractivity contribution in [2.75, 3.05) is 30.8 Å². The average Bonchev–Trinajstić information content (AvgIpc) is 2.80. The third-order valence-corrected chi connectivity index (χ3v) is 7.01. The first-order chi connectivity index (χ1) is 16.5. The van der Waals surface area contributed by atoms with Crippen molar-refractivity contribution >= 4 is 39.1 Å². The molecule has 1 N–H and O–H groups in total. The van der Waals surface area contributed by atoms with E-state index < -0.39 is 28.5 Å². The van der Waals surface area contributed by atoms with Gasteiger partial charge in [0.2, 0.25) is 21.8 Å². The number of hydrogen-bond acceptors (Lipinski definition) is 5. The van der Waals surface area contributed by atoms with E-state index in [4.69, 9.17) is 16.3 Å². The first-order valence-electron chi connectivity index (χ1n) is 11.4. The van der Waals surface area contributed by atoms with Crippen LogP contribution in [0.2, 0.25) is 5.02 Å². The minimum atomic E-state index is -3.84. The van der Waals surface area contributed by atoms with Gasteiger partial charge in [-0.25, -0.2) is 8.42 Å². The summed E-state index contributed by atoms with van der Waals surface area (Å²) in [6, 6.07) is 11.3. The topological polar surface area (TPSA) is 96.0 Å². The minimum Gasteiger partial charge on any atom is -0.495 e. The van der Waals surface area contributed by atoms with Gasteiger partial charge < -0.3 is 15.0 Å². The predicted molar refractivity (Wildman–Crippen MR) is 139 cm³/mol. The molecule has 0 aliphatic carbocycles. The van der Waals surface area contributed by atoms with E-state index in [1.165, 1.54) is 30.2 Å². The molecular formula is C25H34ClN3O5S. The van der Waals surface area contributed by atoms with E-state index in [9.17, 15) is 18.0 Å². The zero-order valence-corrected chi connectivity index (χ0v) is 22.4. The number of ether oxygens (including phenoxy) is 1. The molecule has 2 amide bonds. The SMILES string of the molecule is CCCCNC(=O)[C@H](C)N(Cc1ccc(C)cc1)C(=O)CN(c1ccc(OC)c(Cl)c1)S(C)(=O)=O. The average molecular weight is 524 g/mol. The maximum Gasteiger partial charge on any atom is 0.244 e. The Balaban J connectivity index is 2.36. The molecule has 2 aromatic carbocycles. The first-order valence-corrected chi connectivity index (χ1v) is 13.6. The smallest absolute Gasteiger partial charge is 0.244 e. The van der Waals surface area contributed by atoms with Gasteiger partial charge in [0.05, 0.1) is 24.1 Å². The Morgan fingerprint density at radius 1 is 1.14 bits per heavy atom. The van der Waals surface area contributed by atoms with E-state index in [0.29, 0.717) is 12.3 Å². The van der Waals surface area contributed by atoms with Crippen LogP contribution in [0, 0.1) is 6.92 Å². The molecule has 2 aromatic rings. The lowest BCUT2D eigenvalue weighted by molar-refractivity contribution is -0.139. The fourth-order valence-corrected chi connectivity index (χ4v) is 4.53. The Labute approximate surface area is 213 Å². The molecule has 0 spiro atoms. The number of anilines is 1. The molecule has 0 fully saturated rings. The number of amides is 2. The molecule has 8 nitrogen and oxygen atoms in total. The molecule has 1 atom stereocenters. The highest BCUT2D eigenvalue weighted by Crippen LogP contribution is 2.30. The van der Waals surface area contributed by atoms with Crippen LogP contribution in [0.4, 0.5) is 5.69 Å². The standard InChI is InChI=1S/C25H34ClN3O5S/c1-6-7-14-27-25(31)19(3)28(16-20-10-8-18(2)9-11-20)24(30)17-29(35(5,32)33)21-12-13-23(34-4)22(26)15-21/h8-13,15,19H,6-7,14,16-17H2,1-5H3,(H,27,31)/t19-/m0/s1. The van der Waals surface area contributed by atoms with Gasteiger partial charge in [0, 0.05) is 13.1 Å². The Hall–Kier alpha value is -2.78. The molecule has 0 radical (unpaired) electrons. The lowest BCUT2D eigenvalue weighted by atomic mass is 10.1. The number of carbonyl (C=O) groups is 2. The highest BCUT2D eigenvalue weighted by Gasteiger charge is 2.30. The number of rotatable bonds is 12. The lowest BCUT2D eigenvalue weighted by Crippen LogP contribution is -2.51. The van der Waals surface area contributed by atoms with Crippen molar-refractivity contribution < 1.29 is 22.7 Å². The maximum atomic E-state index is 13.5. The molecule has 35 heavy (non-hydrogen) atoms. The molecule has 0 bridgehead atoms. The summed E-state index contributed by atoms with van der Waals surface area (Å²) >= 11 is 6.20. The van der Waals surface area contributed by atoms with Gasteiger partial charge in [-0.05, 0) is 44.0 Å². The molecule has 0 aliphatic rings. The van der Waals surface area contributed by atoms with Gasteiger partial charge in [-0.1, -0.05) is 54.8 Å². The zero-order chi connectivity index (χ0) is 26.2. The van der Waals surface area contributed by atoms with Crippen LogP contribution in [0.1, 0.15) is 37.8 Å². The largest absolute Gasteiger partial charge is 0.495 e. The van der Waals surface area contributed by atoms with Gasteiger partial charge >= 0.3 is 0 Å². The molecule has 10 heteroatoms. The fraction of sp³-hybridized carbons (Fsp3) is 0.440. The maximum absolute atomic E-state index is 13.5. The molecule has 0 heterocycles. The highest BCUT2D eigenvalue weighted by molar-refractivity contribution is 7.92. The van der Waals surface area contributed by atoms with Crippen molar-refractivity contribution in [3.8, 4) is 5.75 Å². The molecule has 0 saturated carbocycles. The van der Waals surface area contributed by atoms with Gasteiger partial charge in [-0.2, -0.15) is 0 Å². The van der Waals surface area contributed by atoms with Crippen LogP contribution in [0.3, 0.4) is 0 Å². The van der Waals surface area contributed by atoms with E-state index >= 15 is 0 Å². The summed E-state index contributed by atoms with van der Waals surface area (Å²) in [6.07, 6.45) is 2.77. The summed E-state index contributed by atoms with van der Waals surface area (Å²) in [6.45, 7) is 5.80. The first kappa shape index (κ1) is 28.5. The number of methoxy groups -OCH3 is 1. The van der Waals surface area contributed by atoms with Crippen LogP contribution >= 0.6 is 11.6 Å². The molecular weight excluding hydrogens is 490 g/mol. The number of carbonyl (C=O) groups excluding carboxylic acids is 2. The summed E-state index contributed by atoms with van der Waals surface area (Å²) < 4.78 is 31.4. The second kappa shape index (κ2) is 12.8. The van der Waals surface area contributed by atoms with Gasteiger partial charge in [0.15, 0.2) is 0 Å². The number of nitrogens with zero attached hydrogens (tertiary/aromatic N) is 2. The van der Waals surface area contributed by atoms with Crippen molar-refractivity contribution in [1.82, 2.24) is 10.2 Å². The zero-order valence-electron chi connectivity index (χ0n) is 20.9. The summed E-state index contributed by atoms with van der Waals surface area (Å²) in [5.74, 6) is -0.424. The number of nitrogens with one attached hydrogen (secondary N) is 1. The van der Waals surface area contributed by atoms with Gasteiger partial charge in [0.1, 0.15) is 18.3 Å². The van der Waals surface area contributed by atoms with Crippen molar-refractivity contribution in [1.29, 1.82) is 0 Å². The van der Waals surface area contributed by atoms with E-state index in [1.807, 2.05) is 38.1 Å². The minimum absolute atomic E-state index is 0.155. The van der Waals surface area contributed by atoms with Crippen LogP contribution < -0.4 is 14.4 Å². The summed E-state index contributed by atoms with van der Waals surface area (Å²) in [5.41, 5.74) is 2.12. The summed E-state index contributed by atoms with van der Waals surface area (Å²) in [7, 11) is -2.39. The normalized spacial score (nSPS) is 12.1. The van der Waals surface area contributed by atoms with Gasteiger partial charge in [-0.15, -0.1) is 0 Å². The summed E-state index contributed by atoms with van der Waals surface area (Å²) in [5, 5.41) is 3.07. The third-order valence-electron chi connectivity index (χ3n) is 5.57. The lowest BCUT2D eigenvalue weighted by Gasteiger charge is -2.31. The number of hydrogen-bond donors (Lipinski definition) is 1. The monoisotopic (exact) mass is 523 g/mol. The molecule has 2 rings (SSSR count). The van der Waals surface area contributed by atoms with Crippen LogP contribution in [0.25, 0.3) is 0 Å². The second-order valence-corrected chi connectivity index (χ2v) is 10.7. The quantitative estimate of drug-likeness (QED) is 0.427. The van der Waals surface area contributed by atoms with Crippen LogP contribution in [0.5, 0.6) is 5.75 Å². The van der Waals surface area contributed by atoms with E-state index in [1.54, 1.807) is 6.92 Å². The number of benzene rings is 2. The van der Waals surface area contributed by atoms with E-state index in [0.717, 1.165) is 34.5 Å².